The van der Waals surface area contributed by atoms with Crippen molar-refractivity contribution < 1.29 is 0 Å². The quantitative estimate of drug-likeness (QED) is 0.182. The molecule has 0 N–H and O–H groups in total. The lowest BCUT2D eigenvalue weighted by molar-refractivity contribution is 0.911. The molecule has 11 rings (SSSR count). The van der Waals surface area contributed by atoms with Crippen LogP contribution in [0.1, 0.15) is 35.1 Å². The van der Waals surface area contributed by atoms with Gasteiger partial charge < -0.3 is 9.13 Å². The highest BCUT2D eigenvalue weighted by Gasteiger charge is 2.21. The normalized spacial score (nSPS) is 13.9. The van der Waals surface area contributed by atoms with Crippen molar-refractivity contribution in [3.63, 3.8) is 0 Å². The predicted octanol–water partition coefficient (Wildman–Crippen LogP) is 12.6. The Morgan fingerprint density at radius 2 is 0.800 bits per heavy atom. The lowest BCUT2D eigenvalue weighted by atomic mass is 9.80. The van der Waals surface area contributed by atoms with Crippen molar-refractivity contribution in [3.05, 3.63) is 168 Å². The Morgan fingerprint density at radius 1 is 0.360 bits per heavy atom. The molecule has 0 saturated heterocycles. The molecule has 7 aromatic carbocycles. The Morgan fingerprint density at radius 3 is 1.36 bits per heavy atom. The van der Waals surface area contributed by atoms with Crippen LogP contribution in [0.4, 0.5) is 0 Å². The molecule has 2 nitrogen and oxygen atoms in total. The van der Waals surface area contributed by atoms with E-state index in [2.05, 4.69) is 167 Å². The number of rotatable bonds is 3. The summed E-state index contributed by atoms with van der Waals surface area (Å²) in [5.74, 6) is 0. The van der Waals surface area contributed by atoms with E-state index in [1.54, 1.807) is 11.1 Å². The Hall–Kier alpha value is -6.12. The SMILES string of the molecule is C1=Cc2c(c3c(c4cc(-c5ccc6c(c5)c5ccccc5n6-c5ccc(-n6c7ccccc7c7ccccc76)cc5)ccc24)C=CCC3)CC1. The molecule has 0 saturated carbocycles. The van der Waals surface area contributed by atoms with Crippen molar-refractivity contribution in [2.75, 3.05) is 0 Å². The van der Waals surface area contributed by atoms with Crippen LogP contribution in [0.3, 0.4) is 0 Å². The van der Waals surface area contributed by atoms with Crippen LogP contribution in [0.15, 0.2) is 146 Å². The van der Waals surface area contributed by atoms with Gasteiger partial charge >= 0.3 is 0 Å². The molecule has 0 fully saturated rings. The molecule has 0 bridgehead atoms. The summed E-state index contributed by atoms with van der Waals surface area (Å²) >= 11 is 0. The summed E-state index contributed by atoms with van der Waals surface area (Å²) in [7, 11) is 0. The van der Waals surface area contributed by atoms with Gasteiger partial charge in [0.25, 0.3) is 0 Å². The number of hydrogen-bond donors (Lipinski definition) is 0. The zero-order valence-electron chi connectivity index (χ0n) is 27.7. The van der Waals surface area contributed by atoms with E-state index >= 15 is 0 Å². The maximum atomic E-state index is 2.44. The van der Waals surface area contributed by atoms with Gasteiger partial charge in [0, 0.05) is 32.9 Å². The molecule has 50 heavy (non-hydrogen) atoms. The number of hydrogen-bond acceptors (Lipinski definition) is 0. The molecule has 9 aromatic rings. The smallest absolute Gasteiger partial charge is 0.0541 e. The summed E-state index contributed by atoms with van der Waals surface area (Å²) in [5.41, 5.74) is 15.8. The summed E-state index contributed by atoms with van der Waals surface area (Å²) < 4.78 is 4.81. The van der Waals surface area contributed by atoms with Crippen molar-refractivity contribution in [1.29, 1.82) is 0 Å². The fraction of sp³-hybridized carbons (Fsp3) is 0.0833. The third-order valence-electron chi connectivity index (χ3n) is 11.3. The van der Waals surface area contributed by atoms with Gasteiger partial charge in [-0.3, -0.25) is 0 Å². The van der Waals surface area contributed by atoms with E-state index in [0.29, 0.717) is 0 Å². The van der Waals surface area contributed by atoms with E-state index in [0.717, 1.165) is 31.4 Å². The molecule has 2 aromatic heterocycles. The molecule has 0 amide bonds. The van der Waals surface area contributed by atoms with Crippen molar-refractivity contribution in [2.45, 2.75) is 25.7 Å². The van der Waals surface area contributed by atoms with Gasteiger partial charge in [-0.15, -0.1) is 0 Å². The highest BCUT2D eigenvalue weighted by atomic mass is 15.0. The second-order valence-corrected chi connectivity index (χ2v) is 13.9. The number of allylic oxidation sites excluding steroid dienone is 2. The Labute approximate surface area is 290 Å². The number of aromatic nitrogens is 2. The average molecular weight is 639 g/mol. The fourth-order valence-corrected chi connectivity index (χ4v) is 9.02. The maximum Gasteiger partial charge on any atom is 0.0541 e. The zero-order valence-corrected chi connectivity index (χ0v) is 27.7. The Kier molecular flexibility index (Phi) is 5.94. The highest BCUT2D eigenvalue weighted by molar-refractivity contribution is 6.11. The first-order valence-corrected chi connectivity index (χ1v) is 17.9. The molecule has 236 valence electrons. The van der Waals surface area contributed by atoms with Crippen molar-refractivity contribution in [3.8, 4) is 22.5 Å². The number of nitrogens with zero attached hydrogens (tertiary/aromatic N) is 2. The van der Waals surface area contributed by atoms with E-state index in [4.69, 9.17) is 0 Å². The lowest BCUT2D eigenvalue weighted by Gasteiger charge is -2.24. The molecular formula is C48H34N2. The topological polar surface area (TPSA) is 9.86 Å². The monoisotopic (exact) mass is 638 g/mol. The van der Waals surface area contributed by atoms with Crippen LogP contribution in [0.5, 0.6) is 0 Å². The van der Waals surface area contributed by atoms with Gasteiger partial charge in [0.1, 0.15) is 0 Å². The number of benzene rings is 7. The predicted molar refractivity (Wildman–Crippen MR) is 213 cm³/mol. The first kappa shape index (κ1) is 27.8. The molecule has 2 heterocycles. The summed E-state index contributed by atoms with van der Waals surface area (Å²) in [5, 5.41) is 7.88. The van der Waals surface area contributed by atoms with Crippen LogP contribution < -0.4 is 0 Å². The van der Waals surface area contributed by atoms with E-state index in [1.165, 1.54) is 82.3 Å². The first-order chi connectivity index (χ1) is 24.8. The maximum absolute atomic E-state index is 2.44. The number of para-hydroxylation sites is 3. The number of fused-ring (bicyclic) bond motifs is 12. The van der Waals surface area contributed by atoms with Crippen molar-refractivity contribution in [1.82, 2.24) is 9.13 Å². The molecule has 0 aliphatic heterocycles. The standard InChI is InChI=1S/C48H34N2/c1-2-13-37-35(11-1)36-12-3-4-14-38(36)43-29-31(21-27-39(37)43)32-22-28-48-44(30-32)42-17-7-10-20-47(42)50(48)34-25-23-33(24-26-34)49-45-18-8-5-15-40(45)41-16-6-9-19-46(41)49/h2,4-10,13-30H,1,3,11-12H2. The van der Waals surface area contributed by atoms with Crippen molar-refractivity contribution in [2.24, 2.45) is 0 Å². The zero-order chi connectivity index (χ0) is 32.8. The van der Waals surface area contributed by atoms with E-state index in [-0.39, 0.29) is 0 Å². The molecule has 0 unspecified atom stereocenters. The van der Waals surface area contributed by atoms with Gasteiger partial charge in [0.2, 0.25) is 0 Å². The van der Waals surface area contributed by atoms with Gasteiger partial charge in [0.15, 0.2) is 0 Å². The molecule has 2 heteroatoms. The Bertz CT molecular complexity index is 2860. The largest absolute Gasteiger partial charge is 0.309 e. The first-order valence-electron chi connectivity index (χ1n) is 17.9. The third-order valence-corrected chi connectivity index (χ3v) is 11.3. The van der Waals surface area contributed by atoms with Gasteiger partial charge in [-0.2, -0.15) is 0 Å². The van der Waals surface area contributed by atoms with Gasteiger partial charge in [-0.25, -0.2) is 0 Å². The van der Waals surface area contributed by atoms with E-state index in [9.17, 15) is 0 Å². The summed E-state index contributed by atoms with van der Waals surface area (Å²) in [6, 6.07) is 49.5. The van der Waals surface area contributed by atoms with Crippen LogP contribution in [0.2, 0.25) is 0 Å². The van der Waals surface area contributed by atoms with Gasteiger partial charge in [-0.1, -0.05) is 97.1 Å². The molecule has 2 aliphatic rings. The van der Waals surface area contributed by atoms with Crippen LogP contribution in [-0.2, 0) is 12.8 Å². The van der Waals surface area contributed by atoms with Crippen LogP contribution in [-0.4, -0.2) is 9.13 Å². The van der Waals surface area contributed by atoms with Crippen LogP contribution in [0, 0.1) is 0 Å². The Balaban J connectivity index is 1.05. The summed E-state index contributed by atoms with van der Waals surface area (Å²) in [6.45, 7) is 0. The van der Waals surface area contributed by atoms with Crippen LogP contribution >= 0.6 is 0 Å². The molecular weight excluding hydrogens is 605 g/mol. The minimum atomic E-state index is 1.14. The molecule has 0 radical (unpaired) electrons. The van der Waals surface area contributed by atoms with E-state index < -0.39 is 0 Å². The van der Waals surface area contributed by atoms with E-state index in [1.807, 2.05) is 0 Å². The second kappa shape index (κ2) is 10.7. The second-order valence-electron chi connectivity index (χ2n) is 13.9. The lowest BCUT2D eigenvalue weighted by Crippen LogP contribution is -2.07. The molecule has 0 spiro atoms. The van der Waals surface area contributed by atoms with Crippen LogP contribution in [0.25, 0.3) is 89.0 Å². The summed E-state index contributed by atoms with van der Waals surface area (Å²) in [4.78, 5) is 0. The summed E-state index contributed by atoms with van der Waals surface area (Å²) in [6.07, 6.45) is 14.0. The molecule has 0 atom stereocenters. The van der Waals surface area contributed by atoms with Crippen molar-refractivity contribution >= 4 is 66.5 Å². The van der Waals surface area contributed by atoms with Gasteiger partial charge in [-0.05, 0) is 131 Å². The minimum absolute atomic E-state index is 1.14. The molecule has 2 aliphatic carbocycles. The fourth-order valence-electron chi connectivity index (χ4n) is 9.02. The third kappa shape index (κ3) is 3.96. The minimum Gasteiger partial charge on any atom is -0.309 e. The average Bonchev–Trinajstić information content (AvgIpc) is 3.71. The van der Waals surface area contributed by atoms with Gasteiger partial charge in [0.05, 0.1) is 22.1 Å². The highest BCUT2D eigenvalue weighted by Crippen LogP contribution is 2.41.